The standard InChI is InChI=1S/C29H22S/c1-2-10-20(9-1)21-17-18-29-25(19-21)24-13-5-8-16-28(24)30(29)26-14-6-3-11-22(26)23-12-4-7-15-27(23)30/h1-9,11-16,19H,10,17-18H2. The quantitative estimate of drug-likeness (QED) is 0.384. The van der Waals surface area contributed by atoms with Crippen LogP contribution in [0.4, 0.5) is 0 Å². The number of hydrogen-bond acceptors (Lipinski definition) is 0. The monoisotopic (exact) mass is 402 g/mol. The number of fused-ring (bicyclic) bond motifs is 9. The van der Waals surface area contributed by atoms with E-state index in [1.807, 2.05) is 0 Å². The first-order valence-corrected chi connectivity index (χ1v) is 12.4. The summed E-state index contributed by atoms with van der Waals surface area (Å²) in [5, 5.41) is 0. The van der Waals surface area contributed by atoms with Crippen LogP contribution in [0, 0.1) is 0 Å². The lowest BCUT2D eigenvalue weighted by Gasteiger charge is -2.39. The average Bonchev–Trinajstić information content (AvgIpc) is 3.51. The summed E-state index contributed by atoms with van der Waals surface area (Å²) in [6.07, 6.45) is 12.7. The summed E-state index contributed by atoms with van der Waals surface area (Å²) in [6, 6.07) is 27.6. The van der Waals surface area contributed by atoms with Gasteiger partial charge in [-0.25, -0.2) is 0 Å². The van der Waals surface area contributed by atoms with Crippen molar-refractivity contribution in [3.05, 3.63) is 119 Å². The van der Waals surface area contributed by atoms with Crippen LogP contribution in [0.25, 0.3) is 16.7 Å². The Labute approximate surface area is 179 Å². The van der Waals surface area contributed by atoms with Gasteiger partial charge in [-0.05, 0) is 75.8 Å². The molecule has 0 unspecified atom stereocenters. The van der Waals surface area contributed by atoms with E-state index in [1.165, 1.54) is 33.4 Å². The first-order chi connectivity index (χ1) is 14.9. The lowest BCUT2D eigenvalue weighted by atomic mass is 9.90. The Morgan fingerprint density at radius 2 is 1.20 bits per heavy atom. The van der Waals surface area contributed by atoms with Gasteiger partial charge in [0, 0.05) is 14.7 Å². The van der Waals surface area contributed by atoms with Gasteiger partial charge in [0.15, 0.2) is 0 Å². The highest BCUT2D eigenvalue weighted by molar-refractivity contribution is 8.37. The highest BCUT2D eigenvalue weighted by Crippen LogP contribution is 2.85. The highest BCUT2D eigenvalue weighted by atomic mass is 32.3. The molecule has 2 aliphatic carbocycles. The normalized spacial score (nSPS) is 20.4. The Morgan fingerprint density at radius 3 is 1.83 bits per heavy atom. The summed E-state index contributed by atoms with van der Waals surface area (Å²) >= 11 is 0. The van der Waals surface area contributed by atoms with Gasteiger partial charge in [-0.3, -0.25) is 0 Å². The van der Waals surface area contributed by atoms with Gasteiger partial charge in [0.1, 0.15) is 0 Å². The van der Waals surface area contributed by atoms with Crippen molar-refractivity contribution in [2.45, 2.75) is 33.9 Å². The van der Waals surface area contributed by atoms with Gasteiger partial charge < -0.3 is 0 Å². The molecular formula is C29H22S. The molecule has 7 rings (SSSR count). The van der Waals surface area contributed by atoms with E-state index in [0.717, 1.165) is 19.3 Å². The predicted octanol–water partition coefficient (Wildman–Crippen LogP) is 8.28. The van der Waals surface area contributed by atoms with E-state index < -0.39 is 10.0 Å². The molecule has 0 amide bonds. The van der Waals surface area contributed by atoms with Gasteiger partial charge in [-0.2, -0.15) is 0 Å². The van der Waals surface area contributed by atoms with Crippen LogP contribution in [-0.4, -0.2) is 0 Å². The minimum absolute atomic E-state index is 1.08. The van der Waals surface area contributed by atoms with Crippen molar-refractivity contribution in [3.8, 4) is 11.1 Å². The maximum absolute atomic E-state index is 2.53. The Hall–Kier alpha value is -3.03. The zero-order valence-corrected chi connectivity index (χ0v) is 17.6. The van der Waals surface area contributed by atoms with E-state index in [-0.39, 0.29) is 0 Å². The summed E-state index contributed by atoms with van der Waals surface area (Å²) in [5.74, 6) is 0. The van der Waals surface area contributed by atoms with E-state index in [0.29, 0.717) is 0 Å². The van der Waals surface area contributed by atoms with Crippen LogP contribution in [0.1, 0.15) is 24.8 Å². The largest absolute Gasteiger partial charge is 0.134 e. The second-order valence-electron chi connectivity index (χ2n) is 8.43. The van der Waals surface area contributed by atoms with Gasteiger partial charge in [0.25, 0.3) is 0 Å². The molecule has 0 bridgehead atoms. The molecule has 0 radical (unpaired) electrons. The predicted molar refractivity (Wildman–Crippen MR) is 127 cm³/mol. The topological polar surface area (TPSA) is 0 Å². The van der Waals surface area contributed by atoms with Crippen molar-refractivity contribution in [1.82, 2.24) is 0 Å². The molecule has 0 saturated carbocycles. The fourth-order valence-corrected chi connectivity index (χ4v) is 10.6. The fourth-order valence-electron chi connectivity index (χ4n) is 5.82. The van der Waals surface area contributed by atoms with Crippen LogP contribution in [0.5, 0.6) is 0 Å². The summed E-state index contributed by atoms with van der Waals surface area (Å²) in [4.78, 5) is 6.31. The van der Waals surface area contributed by atoms with Crippen molar-refractivity contribution in [2.24, 2.45) is 0 Å². The van der Waals surface area contributed by atoms with Crippen LogP contribution in [-0.2, 0) is 0 Å². The second-order valence-corrected chi connectivity index (χ2v) is 11.5. The lowest BCUT2D eigenvalue weighted by molar-refractivity contribution is 0.950. The summed E-state index contributed by atoms with van der Waals surface area (Å²) in [6.45, 7) is 0. The Bertz CT molecular complexity index is 1320. The van der Waals surface area contributed by atoms with Crippen LogP contribution in [0.3, 0.4) is 0 Å². The third kappa shape index (κ3) is 1.94. The minimum Gasteiger partial charge on any atom is -0.134 e. The molecule has 1 spiro atoms. The maximum atomic E-state index is 2.53. The number of hydrogen-bond donors (Lipinski definition) is 0. The molecule has 1 heteroatoms. The number of rotatable bonds is 1. The summed E-state index contributed by atoms with van der Waals surface area (Å²) < 4.78 is 0. The third-order valence-corrected chi connectivity index (χ3v) is 11.2. The molecular weight excluding hydrogens is 380 g/mol. The van der Waals surface area contributed by atoms with E-state index in [2.05, 4.69) is 97.1 Å². The Kier molecular flexibility index (Phi) is 3.34. The Balaban J connectivity index is 1.58. The Morgan fingerprint density at radius 1 is 0.600 bits per heavy atom. The molecule has 0 aromatic heterocycles. The molecule has 0 fully saturated rings. The number of allylic oxidation sites excluding steroid dienone is 8. The van der Waals surface area contributed by atoms with Crippen LogP contribution < -0.4 is 0 Å². The lowest BCUT2D eigenvalue weighted by Crippen LogP contribution is -2.04. The van der Waals surface area contributed by atoms with Crippen molar-refractivity contribution < 1.29 is 0 Å². The molecule has 0 saturated heterocycles. The molecule has 0 nitrogen and oxygen atoms in total. The van der Waals surface area contributed by atoms with Crippen molar-refractivity contribution in [1.29, 1.82) is 0 Å². The van der Waals surface area contributed by atoms with Gasteiger partial charge >= 0.3 is 0 Å². The van der Waals surface area contributed by atoms with E-state index in [9.17, 15) is 0 Å². The van der Waals surface area contributed by atoms with Crippen molar-refractivity contribution in [3.63, 3.8) is 0 Å². The van der Waals surface area contributed by atoms with Crippen LogP contribution >= 0.6 is 10.0 Å². The molecule has 2 aliphatic heterocycles. The van der Waals surface area contributed by atoms with Crippen molar-refractivity contribution in [2.75, 3.05) is 0 Å². The summed E-state index contributed by atoms with van der Waals surface area (Å²) in [5.41, 5.74) is 8.86. The molecule has 4 aliphatic rings. The zero-order valence-electron chi connectivity index (χ0n) is 16.8. The van der Waals surface area contributed by atoms with E-state index in [4.69, 9.17) is 0 Å². The zero-order chi connectivity index (χ0) is 19.7. The first kappa shape index (κ1) is 16.7. The van der Waals surface area contributed by atoms with Crippen LogP contribution in [0.15, 0.2) is 128 Å². The van der Waals surface area contributed by atoms with Gasteiger partial charge in [-0.15, -0.1) is 10.0 Å². The first-order valence-electron chi connectivity index (χ1n) is 10.8. The average molecular weight is 403 g/mol. The van der Waals surface area contributed by atoms with E-state index >= 15 is 0 Å². The molecule has 3 aromatic rings. The maximum Gasteiger partial charge on any atom is 0.00996 e. The molecule has 2 heterocycles. The SMILES string of the molecule is C1=CCC(C2=CC3=C(CC2)S2(c4ccccc43)c3ccccc3-c3ccccc32)=C1. The smallest absolute Gasteiger partial charge is 0.00996 e. The second kappa shape index (κ2) is 6.00. The van der Waals surface area contributed by atoms with Gasteiger partial charge in [0.05, 0.1) is 0 Å². The summed E-state index contributed by atoms with van der Waals surface area (Å²) in [7, 11) is -1.35. The molecule has 30 heavy (non-hydrogen) atoms. The number of benzene rings is 3. The fraction of sp³-hybridized carbons (Fsp3) is 0.103. The van der Waals surface area contributed by atoms with Gasteiger partial charge in [-0.1, -0.05) is 78.9 Å². The molecule has 0 N–H and O–H groups in total. The molecule has 144 valence electrons. The molecule has 3 aromatic carbocycles. The third-order valence-electron chi connectivity index (χ3n) is 7.02. The van der Waals surface area contributed by atoms with E-state index in [1.54, 1.807) is 19.6 Å². The van der Waals surface area contributed by atoms with Crippen LogP contribution in [0.2, 0.25) is 0 Å². The van der Waals surface area contributed by atoms with Gasteiger partial charge in [0.2, 0.25) is 0 Å². The van der Waals surface area contributed by atoms with Crippen molar-refractivity contribution >= 4 is 15.6 Å². The molecule has 0 atom stereocenters. The highest BCUT2D eigenvalue weighted by Gasteiger charge is 2.49. The minimum atomic E-state index is -1.35.